The molecule has 5 rings (SSSR count). The maximum Gasteiger partial charge on any atom is 0.573 e. The van der Waals surface area contributed by atoms with E-state index in [9.17, 15) is 18.0 Å². The maximum absolute atomic E-state index is 13.1. The Morgan fingerprint density at radius 3 is 2.52 bits per heavy atom. The number of esters is 1. The summed E-state index contributed by atoms with van der Waals surface area (Å²) in [5, 5.41) is 4.20. The SMILES string of the molecule is CCOC(=O)C#Cc1ccc(/C2=C/[C@H](C)C[C@@H](OCc3c(-c4ccccc4OC(F)(F)F)noc3C3CC3)C[C@H](C)C2)cc1. The summed E-state index contributed by atoms with van der Waals surface area (Å²) in [5.41, 5.74) is 4.37. The van der Waals surface area contributed by atoms with Crippen molar-refractivity contribution >= 4 is 11.5 Å². The lowest BCUT2D eigenvalue weighted by Crippen LogP contribution is -2.22. The van der Waals surface area contributed by atoms with Crippen molar-refractivity contribution in [3.63, 3.8) is 0 Å². The summed E-state index contributed by atoms with van der Waals surface area (Å²) in [4.78, 5) is 11.5. The van der Waals surface area contributed by atoms with Crippen LogP contribution in [0.1, 0.15) is 81.2 Å². The number of hydrogen-bond donors (Lipinski definition) is 0. The Kier molecular flexibility index (Phi) is 9.80. The van der Waals surface area contributed by atoms with Crippen LogP contribution < -0.4 is 4.74 Å². The first-order valence-electron chi connectivity index (χ1n) is 15.0. The lowest BCUT2D eigenvalue weighted by molar-refractivity contribution is -0.274. The number of halogens is 3. The van der Waals surface area contributed by atoms with Gasteiger partial charge in [0.2, 0.25) is 0 Å². The number of nitrogens with zero attached hydrogens (tertiary/aromatic N) is 1. The topological polar surface area (TPSA) is 70.8 Å². The van der Waals surface area contributed by atoms with Gasteiger partial charge in [-0.2, -0.15) is 0 Å². The first-order chi connectivity index (χ1) is 21.1. The molecule has 0 saturated heterocycles. The fraction of sp³-hybridized carbons (Fsp3) is 0.429. The quantitative estimate of drug-likeness (QED) is 0.189. The summed E-state index contributed by atoms with van der Waals surface area (Å²) in [6.45, 7) is 6.59. The van der Waals surface area contributed by atoms with E-state index in [2.05, 4.69) is 41.7 Å². The Labute approximate surface area is 255 Å². The van der Waals surface area contributed by atoms with Crippen LogP contribution in [-0.4, -0.2) is 30.2 Å². The van der Waals surface area contributed by atoms with Crippen LogP contribution >= 0.6 is 0 Å². The standard InChI is InChI=1S/C35H36F3NO5/c1-4-41-32(40)16-11-24-9-12-25(13-10-24)27-17-22(2)19-28(20-23(3)18-27)42-21-30-33(39-44-34(30)26-14-15-26)29-7-5-6-8-31(29)43-35(36,37)38/h5-10,12-13,17,22-23,26,28H,4,14-15,18-21H2,1-3H3/b27-17+/t22-,23+,28+/m0/s1. The molecule has 0 unspecified atom stereocenters. The number of carbonyl (C=O) groups excluding carboxylic acids is 1. The summed E-state index contributed by atoms with van der Waals surface area (Å²) >= 11 is 0. The molecule has 1 fully saturated rings. The van der Waals surface area contributed by atoms with E-state index in [1.54, 1.807) is 19.1 Å². The van der Waals surface area contributed by atoms with Gasteiger partial charge in [-0.3, -0.25) is 0 Å². The van der Waals surface area contributed by atoms with Crippen LogP contribution in [0.5, 0.6) is 5.75 Å². The van der Waals surface area contributed by atoms with Gasteiger partial charge in [0.25, 0.3) is 0 Å². The van der Waals surface area contributed by atoms with Gasteiger partial charge in [-0.05, 0) is 86.3 Å². The van der Waals surface area contributed by atoms with Crippen LogP contribution in [0.15, 0.2) is 59.1 Å². The molecule has 0 spiro atoms. The highest BCUT2D eigenvalue weighted by atomic mass is 19.4. The van der Waals surface area contributed by atoms with E-state index in [0.717, 1.165) is 43.2 Å². The first-order valence-corrected chi connectivity index (χ1v) is 15.0. The maximum atomic E-state index is 13.1. The van der Waals surface area contributed by atoms with Crippen LogP contribution in [0, 0.1) is 23.7 Å². The van der Waals surface area contributed by atoms with Crippen LogP contribution in [-0.2, 0) is 20.9 Å². The van der Waals surface area contributed by atoms with Gasteiger partial charge in [0.05, 0.1) is 19.3 Å². The second-order valence-corrected chi connectivity index (χ2v) is 11.6. The summed E-state index contributed by atoms with van der Waals surface area (Å²) in [6.07, 6.45) is 1.81. The molecule has 0 bridgehead atoms. The van der Waals surface area contributed by atoms with Crippen molar-refractivity contribution in [1.29, 1.82) is 0 Å². The lowest BCUT2D eigenvalue weighted by Gasteiger charge is -2.28. The van der Waals surface area contributed by atoms with Crippen molar-refractivity contribution in [3.05, 3.63) is 77.1 Å². The molecular weight excluding hydrogens is 571 g/mol. The van der Waals surface area contributed by atoms with Gasteiger partial charge in [-0.15, -0.1) is 13.2 Å². The van der Waals surface area contributed by atoms with Crippen LogP contribution in [0.4, 0.5) is 13.2 Å². The monoisotopic (exact) mass is 607 g/mol. The highest BCUT2D eigenvalue weighted by Crippen LogP contribution is 2.46. The molecule has 0 aliphatic heterocycles. The van der Waals surface area contributed by atoms with E-state index in [0.29, 0.717) is 29.5 Å². The second-order valence-electron chi connectivity index (χ2n) is 11.6. The number of ether oxygens (including phenoxy) is 3. The van der Waals surface area contributed by atoms with E-state index in [4.69, 9.17) is 14.0 Å². The Hall–Kier alpha value is -4.03. The predicted octanol–water partition coefficient (Wildman–Crippen LogP) is 8.46. The Morgan fingerprint density at radius 1 is 1.07 bits per heavy atom. The molecule has 3 aromatic rings. The van der Waals surface area contributed by atoms with Crippen molar-refractivity contribution in [2.75, 3.05) is 6.61 Å². The van der Waals surface area contributed by atoms with Gasteiger partial charge in [-0.25, -0.2) is 4.79 Å². The van der Waals surface area contributed by atoms with Crippen LogP contribution in [0.25, 0.3) is 16.8 Å². The van der Waals surface area contributed by atoms with Gasteiger partial charge in [0.15, 0.2) is 0 Å². The molecule has 0 amide bonds. The smallest absolute Gasteiger partial charge is 0.456 e. The number of aromatic nitrogens is 1. The number of benzene rings is 2. The van der Waals surface area contributed by atoms with Crippen molar-refractivity contribution in [3.8, 4) is 28.8 Å². The molecule has 0 N–H and O–H groups in total. The highest BCUT2D eigenvalue weighted by Gasteiger charge is 2.36. The highest BCUT2D eigenvalue weighted by molar-refractivity contribution is 5.89. The molecule has 0 radical (unpaired) electrons. The first kappa shape index (κ1) is 31.4. The number of para-hydroxylation sites is 1. The fourth-order valence-corrected chi connectivity index (χ4v) is 5.72. The van der Waals surface area contributed by atoms with E-state index in [1.165, 1.54) is 17.7 Å². The van der Waals surface area contributed by atoms with E-state index < -0.39 is 12.3 Å². The van der Waals surface area contributed by atoms with E-state index in [1.807, 2.05) is 24.3 Å². The zero-order valence-electron chi connectivity index (χ0n) is 25.1. The Balaban J connectivity index is 1.30. The molecular formula is C35H36F3NO5. The molecule has 232 valence electrons. The molecule has 6 nitrogen and oxygen atoms in total. The third kappa shape index (κ3) is 8.32. The van der Waals surface area contributed by atoms with Crippen molar-refractivity contribution < 1.29 is 36.7 Å². The predicted molar refractivity (Wildman–Crippen MR) is 159 cm³/mol. The summed E-state index contributed by atoms with van der Waals surface area (Å²) in [5.74, 6) is 5.93. The van der Waals surface area contributed by atoms with Gasteiger partial charge in [0, 0.05) is 28.5 Å². The molecule has 3 atom stereocenters. The number of rotatable bonds is 8. The zero-order valence-corrected chi connectivity index (χ0v) is 25.1. The Morgan fingerprint density at radius 2 is 1.82 bits per heavy atom. The van der Waals surface area contributed by atoms with Gasteiger partial charge in [-0.1, -0.05) is 55.3 Å². The number of hydrogen-bond acceptors (Lipinski definition) is 6. The molecule has 1 saturated carbocycles. The van der Waals surface area contributed by atoms with Crippen LogP contribution in [0.3, 0.4) is 0 Å². The van der Waals surface area contributed by atoms with E-state index >= 15 is 0 Å². The van der Waals surface area contributed by atoms with E-state index in [-0.39, 0.29) is 35.9 Å². The minimum atomic E-state index is -4.83. The van der Waals surface area contributed by atoms with Crippen LogP contribution in [0.2, 0.25) is 0 Å². The van der Waals surface area contributed by atoms with Crippen molar-refractivity contribution in [1.82, 2.24) is 5.16 Å². The minimum Gasteiger partial charge on any atom is -0.456 e. The second kappa shape index (κ2) is 13.7. The Bertz CT molecular complexity index is 1540. The normalized spacial score (nSPS) is 21.7. The average molecular weight is 608 g/mol. The van der Waals surface area contributed by atoms with Crippen molar-refractivity contribution in [2.45, 2.75) is 77.9 Å². The molecule has 44 heavy (non-hydrogen) atoms. The summed E-state index contributed by atoms with van der Waals surface area (Å²) in [7, 11) is 0. The average Bonchev–Trinajstić information content (AvgIpc) is 3.72. The molecule has 1 heterocycles. The third-order valence-corrected chi connectivity index (χ3v) is 7.79. The summed E-state index contributed by atoms with van der Waals surface area (Å²) in [6, 6.07) is 13.9. The molecule has 2 aliphatic rings. The molecule has 2 aliphatic carbocycles. The lowest BCUT2D eigenvalue weighted by atomic mass is 9.84. The number of alkyl halides is 3. The van der Waals surface area contributed by atoms with Gasteiger partial charge in [0.1, 0.15) is 17.2 Å². The molecule has 1 aromatic heterocycles. The largest absolute Gasteiger partial charge is 0.573 e. The zero-order chi connectivity index (χ0) is 31.3. The summed E-state index contributed by atoms with van der Waals surface area (Å²) < 4.78 is 60.8. The number of carbonyl (C=O) groups is 1. The van der Waals surface area contributed by atoms with Gasteiger partial charge >= 0.3 is 12.3 Å². The minimum absolute atomic E-state index is 0.0465. The fourth-order valence-electron chi connectivity index (χ4n) is 5.72. The van der Waals surface area contributed by atoms with Gasteiger partial charge < -0.3 is 18.7 Å². The van der Waals surface area contributed by atoms with Crippen molar-refractivity contribution in [2.24, 2.45) is 11.8 Å². The molecule has 9 heteroatoms. The molecule has 2 aromatic carbocycles. The third-order valence-electron chi connectivity index (χ3n) is 7.79. The number of allylic oxidation sites excluding steroid dienone is 2.